The molecule has 16 heavy (non-hydrogen) atoms. The van der Waals surface area contributed by atoms with Gasteiger partial charge in [0.1, 0.15) is 6.10 Å². The lowest BCUT2D eigenvalue weighted by Crippen LogP contribution is -2.18. The number of nitrogens with zero attached hydrogens (tertiary/aromatic N) is 1. The number of carbonyl (C=O) groups is 2. The molecule has 1 rings (SSSR count). The molecule has 0 aliphatic heterocycles. The summed E-state index contributed by atoms with van der Waals surface area (Å²) in [5.74, 6) is -0.921. The third-order valence-corrected chi connectivity index (χ3v) is 2.95. The maximum absolute atomic E-state index is 10.8. The van der Waals surface area contributed by atoms with E-state index in [2.05, 4.69) is 5.18 Å². The number of thiophene rings is 1. The number of nitroso groups, excluding NO2 is 1. The fourth-order valence-corrected chi connectivity index (χ4v) is 2.13. The van der Waals surface area contributed by atoms with Crippen LogP contribution in [0.1, 0.15) is 17.4 Å². The van der Waals surface area contributed by atoms with Crippen molar-refractivity contribution in [3.05, 3.63) is 26.3 Å². The van der Waals surface area contributed by atoms with Gasteiger partial charge in [-0.25, -0.2) is 4.79 Å². The van der Waals surface area contributed by atoms with Crippen LogP contribution in [0.5, 0.6) is 0 Å². The predicted octanol–water partition coefficient (Wildman–Crippen LogP) is 2.22. The molecule has 0 aromatic carbocycles. The molecule has 0 saturated carbocycles. The van der Waals surface area contributed by atoms with E-state index in [9.17, 15) is 14.5 Å². The molecule has 2 N–H and O–H groups in total. The number of amides is 2. The molecule has 86 valence electrons. The third-order valence-electron chi connectivity index (χ3n) is 1.63. The Morgan fingerprint density at radius 3 is 2.69 bits per heavy atom. The van der Waals surface area contributed by atoms with Crippen molar-refractivity contribution < 1.29 is 14.3 Å². The Morgan fingerprint density at radius 2 is 2.25 bits per heavy atom. The number of nitrogens with two attached hydrogens (primary N) is 1. The van der Waals surface area contributed by atoms with Crippen molar-refractivity contribution >= 4 is 34.9 Å². The number of rotatable bonds is 4. The first-order valence-corrected chi connectivity index (χ1v) is 5.30. The Labute approximate surface area is 99.3 Å². The van der Waals surface area contributed by atoms with E-state index in [1.807, 2.05) is 0 Å². The fourth-order valence-electron chi connectivity index (χ4n) is 1.04. The monoisotopic (exact) mass is 262 g/mol. The molecule has 0 spiro atoms. The Bertz CT molecular complexity index is 420. The third kappa shape index (κ3) is 3.59. The standard InChI is InChI=1S/C8H7ClN2O4S/c9-6-2-1-5(16-6)4(15-8(10)13)3-7(12)11-14/h1-2,4H,3H2,(H2,10,13)/t4-/m1/s1. The van der Waals surface area contributed by atoms with Crippen LogP contribution in [0, 0.1) is 4.91 Å². The predicted molar refractivity (Wildman–Crippen MR) is 58.2 cm³/mol. The molecule has 2 amide bonds. The van der Waals surface area contributed by atoms with E-state index in [1.54, 1.807) is 12.1 Å². The highest BCUT2D eigenvalue weighted by Gasteiger charge is 2.21. The van der Waals surface area contributed by atoms with E-state index in [0.717, 1.165) is 11.3 Å². The van der Waals surface area contributed by atoms with Gasteiger partial charge in [-0.1, -0.05) is 11.6 Å². The maximum atomic E-state index is 10.8. The fraction of sp³-hybridized carbons (Fsp3) is 0.250. The van der Waals surface area contributed by atoms with E-state index >= 15 is 0 Å². The lowest BCUT2D eigenvalue weighted by atomic mass is 10.2. The number of hydrogen-bond acceptors (Lipinski definition) is 5. The van der Waals surface area contributed by atoms with Crippen LogP contribution in [-0.4, -0.2) is 12.0 Å². The van der Waals surface area contributed by atoms with Gasteiger partial charge in [-0.3, -0.25) is 4.79 Å². The normalized spacial score (nSPS) is 11.8. The molecule has 0 unspecified atom stereocenters. The molecule has 1 aromatic rings. The van der Waals surface area contributed by atoms with Crippen LogP contribution in [0.2, 0.25) is 4.34 Å². The molecule has 1 atom stereocenters. The van der Waals surface area contributed by atoms with Crippen LogP contribution >= 0.6 is 22.9 Å². The second kappa shape index (κ2) is 5.57. The summed E-state index contributed by atoms with van der Waals surface area (Å²) in [6.07, 6.45) is -2.29. The van der Waals surface area contributed by atoms with Crippen LogP contribution in [0.3, 0.4) is 0 Å². The van der Waals surface area contributed by atoms with Crippen molar-refractivity contribution in [3.8, 4) is 0 Å². The summed E-state index contributed by atoms with van der Waals surface area (Å²) in [5.41, 5.74) is 4.85. The number of ether oxygens (including phenoxy) is 1. The smallest absolute Gasteiger partial charge is 0.405 e. The quantitative estimate of drug-likeness (QED) is 0.841. The molecular formula is C8H7ClN2O4S. The summed E-state index contributed by atoms with van der Waals surface area (Å²) in [6, 6.07) is 3.16. The van der Waals surface area contributed by atoms with Crippen molar-refractivity contribution in [1.82, 2.24) is 0 Å². The van der Waals surface area contributed by atoms with Crippen molar-refractivity contribution in [2.24, 2.45) is 10.9 Å². The largest absolute Gasteiger partial charge is 0.440 e. The number of hydrogen-bond donors (Lipinski definition) is 1. The van der Waals surface area contributed by atoms with Gasteiger partial charge in [0, 0.05) is 10.1 Å². The van der Waals surface area contributed by atoms with Crippen molar-refractivity contribution in [2.75, 3.05) is 0 Å². The Balaban J connectivity index is 2.82. The summed E-state index contributed by atoms with van der Waals surface area (Å²) in [7, 11) is 0. The highest BCUT2D eigenvalue weighted by Crippen LogP contribution is 2.31. The molecule has 0 saturated heterocycles. The van der Waals surface area contributed by atoms with E-state index in [0.29, 0.717) is 9.21 Å². The first-order chi connectivity index (χ1) is 7.52. The van der Waals surface area contributed by atoms with E-state index < -0.39 is 18.1 Å². The first kappa shape index (κ1) is 12.6. The Hall–Kier alpha value is -1.47. The average molecular weight is 263 g/mol. The summed E-state index contributed by atoms with van der Waals surface area (Å²) < 4.78 is 5.16. The average Bonchev–Trinajstić information content (AvgIpc) is 2.63. The van der Waals surface area contributed by atoms with Crippen molar-refractivity contribution in [3.63, 3.8) is 0 Å². The second-order valence-corrected chi connectivity index (χ2v) is 4.50. The van der Waals surface area contributed by atoms with Crippen molar-refractivity contribution in [1.29, 1.82) is 0 Å². The highest BCUT2D eigenvalue weighted by molar-refractivity contribution is 7.16. The van der Waals surface area contributed by atoms with Crippen LogP contribution < -0.4 is 5.73 Å². The van der Waals surface area contributed by atoms with E-state index in [-0.39, 0.29) is 6.42 Å². The lowest BCUT2D eigenvalue weighted by molar-refractivity contribution is -0.119. The number of halogens is 1. The molecule has 0 radical (unpaired) electrons. The number of carbonyl (C=O) groups excluding carboxylic acids is 2. The van der Waals surface area contributed by atoms with E-state index in [1.165, 1.54) is 0 Å². The first-order valence-electron chi connectivity index (χ1n) is 4.10. The molecule has 0 aliphatic rings. The summed E-state index contributed by atoms with van der Waals surface area (Å²) in [4.78, 5) is 32.0. The minimum Gasteiger partial charge on any atom is -0.440 e. The van der Waals surface area contributed by atoms with Gasteiger partial charge in [0.05, 0.1) is 10.8 Å². The van der Waals surface area contributed by atoms with Crippen molar-refractivity contribution in [2.45, 2.75) is 12.5 Å². The topological polar surface area (TPSA) is 98.8 Å². The minimum atomic E-state index is -1.03. The Kier molecular flexibility index (Phi) is 4.39. The zero-order valence-electron chi connectivity index (χ0n) is 7.88. The van der Waals surface area contributed by atoms with Gasteiger partial charge in [-0.2, -0.15) is 0 Å². The zero-order valence-corrected chi connectivity index (χ0v) is 9.46. The second-order valence-electron chi connectivity index (χ2n) is 2.76. The molecule has 0 bridgehead atoms. The molecule has 6 nitrogen and oxygen atoms in total. The Morgan fingerprint density at radius 1 is 1.56 bits per heavy atom. The molecule has 1 aromatic heterocycles. The summed E-state index contributed by atoms with van der Waals surface area (Å²) >= 11 is 6.82. The SMILES string of the molecule is NC(=O)O[C@H](CC(=O)N=O)c1ccc(Cl)s1. The van der Waals surface area contributed by atoms with Gasteiger partial charge in [0.25, 0.3) is 5.91 Å². The molecule has 8 heteroatoms. The highest BCUT2D eigenvalue weighted by atomic mass is 35.5. The molecular weight excluding hydrogens is 256 g/mol. The van der Waals surface area contributed by atoms with Gasteiger partial charge in [0.2, 0.25) is 0 Å². The summed E-state index contributed by atoms with van der Waals surface area (Å²) in [6.45, 7) is 0. The zero-order chi connectivity index (χ0) is 12.1. The van der Waals surface area contributed by atoms with Crippen LogP contribution in [-0.2, 0) is 9.53 Å². The number of primary amides is 1. The van der Waals surface area contributed by atoms with Gasteiger partial charge < -0.3 is 10.5 Å². The lowest BCUT2D eigenvalue weighted by Gasteiger charge is -2.12. The molecule has 0 fully saturated rings. The van der Waals surface area contributed by atoms with Crippen LogP contribution in [0.4, 0.5) is 4.79 Å². The van der Waals surface area contributed by atoms with Crippen LogP contribution in [0.15, 0.2) is 17.3 Å². The summed E-state index contributed by atoms with van der Waals surface area (Å²) in [5, 5.41) is 2.22. The van der Waals surface area contributed by atoms with Gasteiger partial charge in [-0.05, 0) is 12.1 Å². The minimum absolute atomic E-state index is 0.344. The molecule has 1 heterocycles. The van der Waals surface area contributed by atoms with Gasteiger partial charge in [-0.15, -0.1) is 16.2 Å². The van der Waals surface area contributed by atoms with Gasteiger partial charge in [0.15, 0.2) is 0 Å². The van der Waals surface area contributed by atoms with Crippen LogP contribution in [0.25, 0.3) is 0 Å². The van der Waals surface area contributed by atoms with E-state index in [4.69, 9.17) is 22.1 Å². The molecule has 0 aliphatic carbocycles. The van der Waals surface area contributed by atoms with Gasteiger partial charge >= 0.3 is 6.09 Å². The maximum Gasteiger partial charge on any atom is 0.405 e.